The first-order valence-electron chi connectivity index (χ1n) is 12.4. The van der Waals surface area contributed by atoms with E-state index in [1.807, 2.05) is 106 Å². The molecule has 0 saturated carbocycles. The first-order chi connectivity index (χ1) is 19.5. The van der Waals surface area contributed by atoms with E-state index in [0.717, 1.165) is 53.5 Å². The summed E-state index contributed by atoms with van der Waals surface area (Å²) in [4.78, 5) is 25.0. The summed E-state index contributed by atoms with van der Waals surface area (Å²) >= 11 is -0.0821. The van der Waals surface area contributed by atoms with E-state index >= 15 is 0 Å². The van der Waals surface area contributed by atoms with Crippen LogP contribution in [0.15, 0.2) is 94.5 Å². The molecule has 0 atom stereocenters. The fourth-order valence-electron chi connectivity index (χ4n) is 4.26. The minimum absolute atomic E-state index is 0.0411. The Kier molecular flexibility index (Phi) is 8.33. The summed E-state index contributed by atoms with van der Waals surface area (Å²) in [6.45, 7) is 0. The second-order valence-corrected chi connectivity index (χ2v) is 12.7. The van der Waals surface area contributed by atoms with Crippen molar-refractivity contribution >= 4 is 60.1 Å². The summed E-state index contributed by atoms with van der Waals surface area (Å²) in [7, 11) is 7.03. The van der Waals surface area contributed by atoms with Crippen molar-refractivity contribution in [1.29, 1.82) is 0 Å². The summed E-state index contributed by atoms with van der Waals surface area (Å²) < 4.78 is 16.2. The molecule has 204 valence electrons. The molecular weight excluding hydrogens is 638 g/mol. The van der Waals surface area contributed by atoms with Crippen molar-refractivity contribution in [2.24, 2.45) is 0 Å². The summed E-state index contributed by atoms with van der Waals surface area (Å²) in [6.07, 6.45) is 0. The van der Waals surface area contributed by atoms with Crippen LogP contribution in [0.5, 0.6) is 11.5 Å². The van der Waals surface area contributed by atoms with Crippen molar-refractivity contribution in [3.8, 4) is 22.9 Å². The van der Waals surface area contributed by atoms with Crippen molar-refractivity contribution in [3.05, 3.63) is 106 Å². The third-order valence-corrected chi connectivity index (χ3v) is 11.3. The van der Waals surface area contributed by atoms with E-state index in [0.29, 0.717) is 0 Å². The molecule has 0 aliphatic heterocycles. The summed E-state index contributed by atoms with van der Waals surface area (Å²) in [5, 5.41) is 7.91. The molecule has 40 heavy (non-hydrogen) atoms. The molecule has 0 saturated heterocycles. The molecule has 8 nitrogen and oxygen atoms in total. The Balaban J connectivity index is 0.000000161. The first kappa shape index (κ1) is 27.6. The maximum absolute atomic E-state index is 12.5. The van der Waals surface area contributed by atoms with Gasteiger partial charge in [-0.1, -0.05) is 0 Å². The van der Waals surface area contributed by atoms with Crippen molar-refractivity contribution in [3.63, 3.8) is 0 Å². The molecule has 2 aromatic heterocycles. The van der Waals surface area contributed by atoms with E-state index in [-0.39, 0.29) is 40.6 Å². The predicted molar refractivity (Wildman–Crippen MR) is 165 cm³/mol. The Morgan fingerprint density at radius 2 is 0.950 bits per heavy atom. The first-order valence-corrected chi connectivity index (χ1v) is 15.7. The Morgan fingerprint density at radius 1 is 0.575 bits per heavy atom. The number of ether oxygens (including phenoxy) is 2. The Bertz CT molecular complexity index is 1750. The van der Waals surface area contributed by atoms with Crippen molar-refractivity contribution in [1.82, 2.24) is 7.12 Å². The van der Waals surface area contributed by atoms with Crippen LogP contribution in [0.1, 0.15) is 0 Å². The average molecular weight is 666 g/mol. The number of hydrogen-bond acceptors (Lipinski definition) is 6. The topological polar surface area (TPSA) is 86.5 Å². The summed E-state index contributed by atoms with van der Waals surface area (Å²) in [5.74, 6) is 1.59. The molecule has 4 aromatic carbocycles. The van der Waals surface area contributed by atoms with Crippen molar-refractivity contribution in [2.45, 2.75) is 0 Å². The van der Waals surface area contributed by atoms with Gasteiger partial charge in [0.25, 0.3) is 0 Å². The predicted octanol–water partition coefficient (Wildman–Crippen LogP) is 4.20. The molecule has 10 heteroatoms. The van der Waals surface area contributed by atoms with Gasteiger partial charge in [0.05, 0.1) is 0 Å². The SMILES string of the molecule is CNc1cccc2c(=O)n(-c3ccc(OC)cc3)[se]c12.CNc1cccc2c(=O)n(-c3ccc(OC)cc3)[se]c12. The molecule has 0 spiro atoms. The molecule has 6 rings (SSSR count). The van der Waals surface area contributed by atoms with Crippen LogP contribution in [0.4, 0.5) is 11.4 Å². The van der Waals surface area contributed by atoms with Gasteiger partial charge in [0.1, 0.15) is 0 Å². The van der Waals surface area contributed by atoms with Crippen LogP contribution >= 0.6 is 0 Å². The molecular formula is C30H28N4O4Se2. The molecule has 0 aliphatic carbocycles. The van der Waals surface area contributed by atoms with E-state index in [4.69, 9.17) is 9.47 Å². The van der Waals surface area contributed by atoms with Crippen molar-refractivity contribution in [2.75, 3.05) is 38.9 Å². The quantitative estimate of drug-likeness (QED) is 0.260. The number of methoxy groups -OCH3 is 2. The standard InChI is InChI=1S/2C15H14N2O2Se/c2*1-16-13-5-3-4-12-14(13)20-17(15(12)18)10-6-8-11(19-2)9-7-10/h2*3-9,16H,1-2H3. The normalized spacial score (nSPS) is 10.7. The molecule has 0 radical (unpaired) electrons. The van der Waals surface area contributed by atoms with Crippen molar-refractivity contribution < 1.29 is 9.47 Å². The number of nitrogens with zero attached hydrogens (tertiary/aromatic N) is 2. The van der Waals surface area contributed by atoms with Gasteiger partial charge in [0.2, 0.25) is 0 Å². The zero-order valence-corrected chi connectivity index (χ0v) is 25.9. The van der Waals surface area contributed by atoms with Crippen LogP contribution in [0.25, 0.3) is 30.7 Å². The minimum atomic E-state index is -0.0411. The van der Waals surface area contributed by atoms with Gasteiger partial charge < -0.3 is 0 Å². The molecule has 2 heterocycles. The Labute approximate surface area is 243 Å². The Morgan fingerprint density at radius 3 is 1.27 bits per heavy atom. The van der Waals surface area contributed by atoms with Gasteiger partial charge in [0, 0.05) is 0 Å². The fourth-order valence-corrected chi connectivity index (χ4v) is 8.93. The summed E-state index contributed by atoms with van der Waals surface area (Å²) in [6, 6.07) is 26.8. The van der Waals surface area contributed by atoms with E-state index in [1.54, 1.807) is 14.2 Å². The maximum atomic E-state index is 12.5. The monoisotopic (exact) mass is 668 g/mol. The molecule has 0 aliphatic rings. The number of aromatic nitrogens is 2. The third-order valence-electron chi connectivity index (χ3n) is 6.38. The van der Waals surface area contributed by atoms with E-state index in [1.165, 1.54) is 0 Å². The van der Waals surface area contributed by atoms with Crippen LogP contribution in [0, 0.1) is 0 Å². The zero-order valence-electron chi connectivity index (χ0n) is 22.4. The number of anilines is 2. The molecule has 0 bridgehead atoms. The molecule has 2 N–H and O–H groups in total. The number of rotatable bonds is 6. The number of fused-ring (bicyclic) bond motifs is 2. The molecule has 0 fully saturated rings. The van der Waals surface area contributed by atoms with Crippen LogP contribution in [-0.4, -0.2) is 64.9 Å². The molecule has 0 unspecified atom stereocenters. The third kappa shape index (κ3) is 5.27. The number of nitrogens with one attached hydrogen (secondary N) is 2. The van der Waals surface area contributed by atoms with Gasteiger partial charge in [0.15, 0.2) is 0 Å². The fraction of sp³-hybridized carbons (Fsp3) is 0.133. The van der Waals surface area contributed by atoms with Crippen LogP contribution in [0.2, 0.25) is 0 Å². The van der Waals surface area contributed by atoms with Gasteiger partial charge in [-0.05, 0) is 0 Å². The van der Waals surface area contributed by atoms with Gasteiger partial charge in [-0.3, -0.25) is 0 Å². The Hall–Kier alpha value is -3.94. The summed E-state index contributed by atoms with van der Waals surface area (Å²) in [5.41, 5.74) is 4.03. The van der Waals surface area contributed by atoms with Gasteiger partial charge in [-0.15, -0.1) is 0 Å². The van der Waals surface area contributed by atoms with E-state index < -0.39 is 0 Å². The second-order valence-electron chi connectivity index (χ2n) is 8.64. The number of benzene rings is 4. The van der Waals surface area contributed by atoms with Gasteiger partial charge >= 0.3 is 244 Å². The zero-order chi connectivity index (χ0) is 28.2. The van der Waals surface area contributed by atoms with E-state index in [2.05, 4.69) is 10.6 Å². The average Bonchev–Trinajstić information content (AvgIpc) is 3.54. The molecule has 6 aromatic rings. The van der Waals surface area contributed by atoms with Gasteiger partial charge in [-0.2, -0.15) is 0 Å². The molecule has 0 amide bonds. The van der Waals surface area contributed by atoms with Crippen LogP contribution in [0.3, 0.4) is 0 Å². The van der Waals surface area contributed by atoms with E-state index in [9.17, 15) is 9.59 Å². The van der Waals surface area contributed by atoms with Gasteiger partial charge in [-0.25, -0.2) is 0 Å². The number of hydrogen-bond donors (Lipinski definition) is 2. The second kappa shape index (κ2) is 12.1. The van der Waals surface area contributed by atoms with Crippen LogP contribution in [-0.2, 0) is 0 Å². The van der Waals surface area contributed by atoms with Crippen LogP contribution < -0.4 is 31.2 Å².